The lowest BCUT2D eigenvalue weighted by Crippen LogP contribution is -2.14. The summed E-state index contributed by atoms with van der Waals surface area (Å²) in [5.41, 5.74) is 0.365. The summed E-state index contributed by atoms with van der Waals surface area (Å²) in [5, 5.41) is 0.799. The van der Waals surface area contributed by atoms with Gasteiger partial charge in [-0.05, 0) is 36.4 Å². The fourth-order valence-electron chi connectivity index (χ4n) is 2.93. The van der Waals surface area contributed by atoms with Crippen LogP contribution < -0.4 is 0 Å². The van der Waals surface area contributed by atoms with Gasteiger partial charge in [-0.1, -0.05) is 47.5 Å². The van der Waals surface area contributed by atoms with E-state index in [1.54, 1.807) is 18.2 Å². The number of fused-ring (bicyclic) bond motifs is 1. The highest BCUT2D eigenvalue weighted by Crippen LogP contribution is 2.37. The van der Waals surface area contributed by atoms with Crippen LogP contribution >= 0.6 is 23.2 Å². The Balaban J connectivity index is 2.14. The summed E-state index contributed by atoms with van der Waals surface area (Å²) in [5.74, 6) is -0.631. The van der Waals surface area contributed by atoms with E-state index >= 15 is 0 Å². The van der Waals surface area contributed by atoms with Crippen molar-refractivity contribution in [3.8, 4) is 11.3 Å². The van der Waals surface area contributed by atoms with E-state index in [-0.39, 0.29) is 31.8 Å². The van der Waals surface area contributed by atoms with Crippen LogP contribution in [-0.2, 0) is 10.0 Å². The van der Waals surface area contributed by atoms with Crippen LogP contribution in [0.4, 0.5) is 4.39 Å². The second kappa shape index (κ2) is 6.64. The zero-order chi connectivity index (χ0) is 19.2. The lowest BCUT2D eigenvalue weighted by atomic mass is 10.1. The molecule has 2 heterocycles. The molecule has 0 N–H and O–H groups in total. The minimum Gasteiger partial charge on any atom is -0.242 e. The van der Waals surface area contributed by atoms with Gasteiger partial charge < -0.3 is 0 Å². The molecule has 0 saturated heterocycles. The Morgan fingerprint density at radius 3 is 2.41 bits per heavy atom. The molecule has 0 aliphatic rings. The predicted molar refractivity (Wildman–Crippen MR) is 104 cm³/mol. The van der Waals surface area contributed by atoms with Crippen molar-refractivity contribution in [2.45, 2.75) is 4.90 Å². The highest BCUT2D eigenvalue weighted by molar-refractivity contribution is 7.90. The quantitative estimate of drug-likeness (QED) is 0.417. The third kappa shape index (κ3) is 3.00. The summed E-state index contributed by atoms with van der Waals surface area (Å²) < 4.78 is 42.3. The first-order chi connectivity index (χ1) is 12.9. The summed E-state index contributed by atoms with van der Waals surface area (Å²) >= 11 is 12.2. The number of aromatic nitrogens is 2. The molecule has 4 aromatic rings. The molecule has 2 aromatic carbocycles. The Labute approximate surface area is 164 Å². The molecule has 0 atom stereocenters. The molecule has 0 spiro atoms. The maximum Gasteiger partial charge on any atom is 0.268 e. The summed E-state index contributed by atoms with van der Waals surface area (Å²) in [6.45, 7) is 0. The first kappa shape index (κ1) is 18.0. The molecule has 0 amide bonds. The minimum absolute atomic E-state index is 0.00834. The van der Waals surface area contributed by atoms with Crippen molar-refractivity contribution in [3.63, 3.8) is 0 Å². The maximum absolute atomic E-state index is 14.6. The van der Waals surface area contributed by atoms with Gasteiger partial charge in [0, 0.05) is 5.39 Å². The van der Waals surface area contributed by atoms with E-state index in [0.29, 0.717) is 5.39 Å². The van der Waals surface area contributed by atoms with E-state index in [1.165, 1.54) is 48.7 Å². The van der Waals surface area contributed by atoms with Crippen molar-refractivity contribution in [1.29, 1.82) is 0 Å². The number of rotatable bonds is 3. The van der Waals surface area contributed by atoms with E-state index in [9.17, 15) is 12.8 Å². The molecule has 2 aromatic heterocycles. The van der Waals surface area contributed by atoms with E-state index in [1.807, 2.05) is 0 Å². The molecule has 0 saturated carbocycles. The molecule has 27 heavy (non-hydrogen) atoms. The Kier molecular flexibility index (Phi) is 4.42. The van der Waals surface area contributed by atoms with Gasteiger partial charge in [0.2, 0.25) is 0 Å². The Morgan fingerprint density at radius 2 is 1.70 bits per heavy atom. The summed E-state index contributed by atoms with van der Waals surface area (Å²) in [6.07, 6.45) is 1.34. The van der Waals surface area contributed by atoms with Crippen molar-refractivity contribution in [2.24, 2.45) is 0 Å². The van der Waals surface area contributed by atoms with Crippen LogP contribution in [0.3, 0.4) is 0 Å². The van der Waals surface area contributed by atoms with Crippen LogP contribution in [0, 0.1) is 5.82 Å². The summed E-state index contributed by atoms with van der Waals surface area (Å²) in [4.78, 5) is 4.04. The number of hydrogen-bond acceptors (Lipinski definition) is 3. The lowest BCUT2D eigenvalue weighted by Gasteiger charge is -2.13. The molecule has 4 nitrogen and oxygen atoms in total. The lowest BCUT2D eigenvalue weighted by molar-refractivity contribution is 0.589. The van der Waals surface area contributed by atoms with Gasteiger partial charge in [-0.25, -0.2) is 21.8 Å². The zero-order valence-corrected chi connectivity index (χ0v) is 15.9. The third-order valence-electron chi connectivity index (χ3n) is 4.11. The molecule has 4 rings (SSSR count). The Morgan fingerprint density at radius 1 is 0.963 bits per heavy atom. The topological polar surface area (TPSA) is 52.0 Å². The van der Waals surface area contributed by atoms with Gasteiger partial charge in [-0.15, -0.1) is 0 Å². The van der Waals surface area contributed by atoms with Crippen molar-refractivity contribution >= 4 is 44.1 Å². The van der Waals surface area contributed by atoms with E-state index in [4.69, 9.17) is 23.2 Å². The van der Waals surface area contributed by atoms with Crippen LogP contribution in [0.25, 0.3) is 22.2 Å². The first-order valence-corrected chi connectivity index (χ1v) is 10.0. The van der Waals surface area contributed by atoms with E-state index in [0.717, 1.165) is 3.97 Å². The molecule has 136 valence electrons. The molecular formula is C19H11Cl2FN2O2S. The number of benzene rings is 2. The Bertz CT molecular complexity index is 1250. The van der Waals surface area contributed by atoms with Gasteiger partial charge in [0.1, 0.15) is 11.0 Å². The minimum atomic E-state index is -4.04. The average molecular weight is 421 g/mol. The van der Waals surface area contributed by atoms with Crippen LogP contribution in [0.1, 0.15) is 0 Å². The second-order valence-corrected chi connectivity index (χ2v) is 8.36. The largest absolute Gasteiger partial charge is 0.268 e. The molecule has 0 bridgehead atoms. The predicted octanol–water partition coefficient (Wildman–Crippen LogP) is 5.39. The van der Waals surface area contributed by atoms with E-state index < -0.39 is 15.8 Å². The van der Waals surface area contributed by atoms with Gasteiger partial charge in [-0.3, -0.25) is 0 Å². The van der Waals surface area contributed by atoms with Crippen LogP contribution in [0.5, 0.6) is 0 Å². The number of halogens is 3. The molecule has 0 aliphatic carbocycles. The summed E-state index contributed by atoms with van der Waals surface area (Å²) in [7, 11) is -4.04. The molecular weight excluding hydrogens is 410 g/mol. The fourth-order valence-corrected chi connectivity index (χ4v) is 4.88. The van der Waals surface area contributed by atoms with Crippen molar-refractivity contribution < 1.29 is 12.8 Å². The standard InChI is InChI=1S/C19H11Cl2FN2O2S/c20-14-7-4-8-15(22)19(14)16-9-12-10-18(21)23-11-17(12)24(16)27(25,26)13-5-2-1-3-6-13/h1-11H. The van der Waals surface area contributed by atoms with Crippen LogP contribution in [0.2, 0.25) is 10.2 Å². The number of pyridine rings is 1. The molecule has 0 radical (unpaired) electrons. The molecule has 0 fully saturated rings. The molecule has 8 heteroatoms. The van der Waals surface area contributed by atoms with Crippen LogP contribution in [0.15, 0.2) is 71.8 Å². The zero-order valence-electron chi connectivity index (χ0n) is 13.6. The smallest absolute Gasteiger partial charge is 0.242 e. The molecule has 0 aliphatic heterocycles. The van der Waals surface area contributed by atoms with Gasteiger partial charge in [-0.2, -0.15) is 0 Å². The van der Waals surface area contributed by atoms with Gasteiger partial charge in [0.25, 0.3) is 10.0 Å². The molecule has 0 unspecified atom stereocenters. The highest BCUT2D eigenvalue weighted by atomic mass is 35.5. The normalized spacial score (nSPS) is 11.8. The third-order valence-corrected chi connectivity index (χ3v) is 6.37. The van der Waals surface area contributed by atoms with Crippen molar-refractivity contribution in [3.05, 3.63) is 82.9 Å². The van der Waals surface area contributed by atoms with Gasteiger partial charge in [0.15, 0.2) is 0 Å². The number of nitrogens with zero attached hydrogens (tertiary/aromatic N) is 2. The van der Waals surface area contributed by atoms with Crippen LogP contribution in [-0.4, -0.2) is 17.4 Å². The first-order valence-electron chi connectivity index (χ1n) is 7.81. The monoisotopic (exact) mass is 420 g/mol. The number of hydrogen-bond donors (Lipinski definition) is 0. The van der Waals surface area contributed by atoms with Gasteiger partial charge in [0.05, 0.1) is 32.9 Å². The SMILES string of the molecule is O=S(=O)(c1ccccc1)n1c(-c2c(F)cccc2Cl)cc2cc(Cl)ncc21. The Hall–Kier alpha value is -2.41. The summed E-state index contributed by atoms with van der Waals surface area (Å²) in [6, 6.07) is 15.1. The van der Waals surface area contributed by atoms with Crippen molar-refractivity contribution in [2.75, 3.05) is 0 Å². The highest BCUT2D eigenvalue weighted by Gasteiger charge is 2.26. The fraction of sp³-hybridized carbons (Fsp3) is 0. The van der Waals surface area contributed by atoms with Crippen molar-refractivity contribution in [1.82, 2.24) is 8.96 Å². The van der Waals surface area contributed by atoms with E-state index in [2.05, 4.69) is 4.98 Å². The maximum atomic E-state index is 14.6. The second-order valence-electron chi connectivity index (χ2n) is 5.77. The van der Waals surface area contributed by atoms with Gasteiger partial charge >= 0.3 is 0 Å². The average Bonchev–Trinajstić information content (AvgIpc) is 3.01.